The van der Waals surface area contributed by atoms with Gasteiger partial charge in [-0.3, -0.25) is 0 Å². The molecular weight excluding hydrogens is 451 g/mol. The summed E-state index contributed by atoms with van der Waals surface area (Å²) in [4.78, 5) is 0. The van der Waals surface area contributed by atoms with E-state index in [4.69, 9.17) is 13.8 Å². The van der Waals surface area contributed by atoms with E-state index < -0.39 is 8.38 Å². The maximum absolute atomic E-state index is 6.42. The molecule has 4 heteroatoms. The summed E-state index contributed by atoms with van der Waals surface area (Å²) >= 11 is 0. The largest absolute Gasteiger partial charge is 0.381 e. The average Bonchev–Trinajstić information content (AvgIpc) is 2.89. The lowest BCUT2D eigenvalue weighted by atomic mass is 9.97. The van der Waals surface area contributed by atoms with E-state index in [1.807, 2.05) is 7.11 Å². The average molecular weight is 515 g/mol. The van der Waals surface area contributed by atoms with E-state index in [1.54, 1.807) is 0 Å². The van der Waals surface area contributed by atoms with Gasteiger partial charge in [0.05, 0.1) is 19.3 Å². The number of ether oxygens (including phenoxy) is 1. The Bertz CT molecular complexity index is 386. The molecule has 0 aromatic heterocycles. The highest BCUT2D eigenvalue weighted by molar-refractivity contribution is 7.48. The molecule has 0 atom stereocenters. The van der Waals surface area contributed by atoms with E-state index in [2.05, 4.69) is 13.8 Å². The SMILES string of the molecule is CCCCCCCCCCCCOP(OCCCCCCCCCCCC)C1CCC(OC)CC1. The van der Waals surface area contributed by atoms with E-state index in [-0.39, 0.29) is 0 Å². The van der Waals surface area contributed by atoms with Crippen LogP contribution in [0, 0.1) is 0 Å². The van der Waals surface area contributed by atoms with Crippen LogP contribution >= 0.6 is 8.38 Å². The van der Waals surface area contributed by atoms with Crippen LogP contribution in [0.25, 0.3) is 0 Å². The lowest BCUT2D eigenvalue weighted by Gasteiger charge is -2.32. The second kappa shape index (κ2) is 25.9. The van der Waals surface area contributed by atoms with Gasteiger partial charge in [-0.05, 0) is 38.5 Å². The molecule has 210 valence electrons. The molecule has 3 nitrogen and oxygen atoms in total. The topological polar surface area (TPSA) is 27.7 Å². The zero-order chi connectivity index (χ0) is 25.2. The van der Waals surface area contributed by atoms with E-state index in [0.29, 0.717) is 11.8 Å². The van der Waals surface area contributed by atoms with E-state index in [1.165, 1.54) is 154 Å². The van der Waals surface area contributed by atoms with Gasteiger partial charge in [-0.25, -0.2) is 0 Å². The summed E-state index contributed by atoms with van der Waals surface area (Å²) in [6, 6.07) is 0. The van der Waals surface area contributed by atoms with Crippen molar-refractivity contribution < 1.29 is 13.8 Å². The molecular formula is C31H63O3P. The van der Waals surface area contributed by atoms with Crippen molar-refractivity contribution in [1.29, 1.82) is 0 Å². The fourth-order valence-corrected chi connectivity index (χ4v) is 7.06. The molecule has 0 spiro atoms. The van der Waals surface area contributed by atoms with Crippen LogP contribution < -0.4 is 0 Å². The molecule has 1 aliphatic carbocycles. The van der Waals surface area contributed by atoms with Gasteiger partial charge in [0, 0.05) is 12.8 Å². The number of hydrogen-bond acceptors (Lipinski definition) is 3. The molecule has 1 saturated carbocycles. The minimum atomic E-state index is -0.731. The van der Waals surface area contributed by atoms with Crippen LogP contribution in [-0.4, -0.2) is 32.1 Å². The third kappa shape index (κ3) is 20.0. The van der Waals surface area contributed by atoms with Crippen molar-refractivity contribution in [3.8, 4) is 0 Å². The van der Waals surface area contributed by atoms with Crippen LogP contribution in [0.1, 0.15) is 168 Å². The van der Waals surface area contributed by atoms with Crippen molar-refractivity contribution in [1.82, 2.24) is 0 Å². The second-order valence-electron chi connectivity index (χ2n) is 11.0. The number of unbranched alkanes of at least 4 members (excludes halogenated alkanes) is 18. The summed E-state index contributed by atoms with van der Waals surface area (Å²) in [7, 11) is 1.13. The first-order valence-corrected chi connectivity index (χ1v) is 17.1. The Hall–Kier alpha value is 0.310. The van der Waals surface area contributed by atoms with Crippen LogP contribution in [0.4, 0.5) is 0 Å². The quantitative estimate of drug-likeness (QED) is 0.0848. The molecule has 0 saturated heterocycles. The molecule has 0 bridgehead atoms. The fraction of sp³-hybridized carbons (Fsp3) is 1.00. The Balaban J connectivity index is 2.12. The van der Waals surface area contributed by atoms with Crippen molar-refractivity contribution in [2.75, 3.05) is 20.3 Å². The van der Waals surface area contributed by atoms with Gasteiger partial charge in [0.2, 0.25) is 0 Å². The summed E-state index contributed by atoms with van der Waals surface area (Å²) in [5.41, 5.74) is 0.614. The Morgan fingerprint density at radius 1 is 0.486 bits per heavy atom. The fourth-order valence-electron chi connectivity index (χ4n) is 5.23. The first kappa shape index (κ1) is 33.3. The third-order valence-electron chi connectivity index (χ3n) is 7.71. The van der Waals surface area contributed by atoms with Gasteiger partial charge in [-0.2, -0.15) is 0 Å². The minimum Gasteiger partial charge on any atom is -0.381 e. The Morgan fingerprint density at radius 3 is 1.17 bits per heavy atom. The summed E-state index contributed by atoms with van der Waals surface area (Å²) in [6.45, 7) is 6.37. The highest BCUT2D eigenvalue weighted by atomic mass is 31.2. The van der Waals surface area contributed by atoms with Gasteiger partial charge in [0.1, 0.15) is 0 Å². The molecule has 0 unspecified atom stereocenters. The second-order valence-corrected chi connectivity index (χ2v) is 12.8. The maximum atomic E-state index is 6.42. The van der Waals surface area contributed by atoms with Crippen LogP contribution in [0.15, 0.2) is 0 Å². The van der Waals surface area contributed by atoms with E-state index >= 15 is 0 Å². The molecule has 1 aliphatic rings. The number of hydrogen-bond donors (Lipinski definition) is 0. The summed E-state index contributed by atoms with van der Waals surface area (Å²) in [5, 5.41) is 0. The van der Waals surface area contributed by atoms with Crippen molar-refractivity contribution in [2.45, 2.75) is 180 Å². The van der Waals surface area contributed by atoms with Gasteiger partial charge < -0.3 is 13.8 Å². The van der Waals surface area contributed by atoms with Crippen molar-refractivity contribution in [3.63, 3.8) is 0 Å². The molecule has 1 rings (SSSR count). The first-order chi connectivity index (χ1) is 17.3. The van der Waals surface area contributed by atoms with Gasteiger partial charge in [0.25, 0.3) is 0 Å². The lowest BCUT2D eigenvalue weighted by Crippen LogP contribution is -2.24. The number of rotatable bonds is 26. The zero-order valence-electron chi connectivity index (χ0n) is 24.2. The van der Waals surface area contributed by atoms with Crippen molar-refractivity contribution in [3.05, 3.63) is 0 Å². The van der Waals surface area contributed by atoms with Crippen LogP contribution in [0.3, 0.4) is 0 Å². The number of methoxy groups -OCH3 is 1. The molecule has 0 heterocycles. The Morgan fingerprint density at radius 2 is 0.829 bits per heavy atom. The minimum absolute atomic E-state index is 0.451. The Labute approximate surface area is 222 Å². The molecule has 35 heavy (non-hydrogen) atoms. The monoisotopic (exact) mass is 514 g/mol. The van der Waals surface area contributed by atoms with Gasteiger partial charge in [-0.15, -0.1) is 0 Å². The smallest absolute Gasteiger partial charge is 0.173 e. The van der Waals surface area contributed by atoms with Crippen molar-refractivity contribution in [2.24, 2.45) is 0 Å². The van der Waals surface area contributed by atoms with Crippen LogP contribution in [0.5, 0.6) is 0 Å². The van der Waals surface area contributed by atoms with E-state index in [0.717, 1.165) is 13.2 Å². The zero-order valence-corrected chi connectivity index (χ0v) is 25.1. The summed E-state index contributed by atoms with van der Waals surface area (Å²) in [6.07, 6.45) is 32.7. The normalized spacial score (nSPS) is 18.5. The molecule has 0 aromatic rings. The summed E-state index contributed by atoms with van der Waals surface area (Å²) in [5.74, 6) is 0. The summed E-state index contributed by atoms with van der Waals surface area (Å²) < 4.78 is 18.4. The van der Waals surface area contributed by atoms with Gasteiger partial charge in [0.15, 0.2) is 8.38 Å². The predicted molar refractivity (Wildman–Crippen MR) is 156 cm³/mol. The van der Waals surface area contributed by atoms with E-state index in [9.17, 15) is 0 Å². The van der Waals surface area contributed by atoms with Crippen LogP contribution in [-0.2, 0) is 13.8 Å². The molecule has 0 N–H and O–H groups in total. The molecule has 0 radical (unpaired) electrons. The Kier molecular flexibility index (Phi) is 24.7. The maximum Gasteiger partial charge on any atom is 0.173 e. The highest BCUT2D eigenvalue weighted by Crippen LogP contribution is 2.50. The first-order valence-electron chi connectivity index (χ1n) is 15.9. The predicted octanol–water partition coefficient (Wildman–Crippen LogP) is 11.1. The third-order valence-corrected chi connectivity index (χ3v) is 9.69. The van der Waals surface area contributed by atoms with Crippen molar-refractivity contribution >= 4 is 8.38 Å². The standard InChI is InChI=1S/C31H63O3P/c1-4-6-8-10-12-14-16-18-20-22-28-33-35(31-26-24-30(32-3)25-27-31)34-29-23-21-19-17-15-13-11-9-7-5-2/h30-31H,4-29H2,1-3H3. The molecule has 0 amide bonds. The molecule has 1 fully saturated rings. The lowest BCUT2D eigenvalue weighted by molar-refractivity contribution is 0.0696. The van der Waals surface area contributed by atoms with Gasteiger partial charge in [-0.1, -0.05) is 129 Å². The van der Waals surface area contributed by atoms with Gasteiger partial charge >= 0.3 is 0 Å². The molecule has 0 aromatic carbocycles. The molecule has 0 aliphatic heterocycles. The highest BCUT2D eigenvalue weighted by Gasteiger charge is 2.29. The van der Waals surface area contributed by atoms with Crippen LogP contribution in [0.2, 0.25) is 0 Å².